The van der Waals surface area contributed by atoms with E-state index in [0.717, 1.165) is 28.0 Å². The fraction of sp³-hybridized carbons (Fsp3) is 0.500. The van der Waals surface area contributed by atoms with Crippen LogP contribution in [0.2, 0.25) is 0 Å². The quantitative estimate of drug-likeness (QED) is 0.906. The lowest BCUT2D eigenvalue weighted by Gasteiger charge is -2.17. The van der Waals surface area contributed by atoms with Gasteiger partial charge in [-0.05, 0) is 46.9 Å². The molecule has 4 heteroatoms. The number of hydrogen-bond donors (Lipinski definition) is 1. The number of methoxy groups -OCH3 is 2. The van der Waals surface area contributed by atoms with Crippen molar-refractivity contribution in [3.05, 3.63) is 22.2 Å². The minimum Gasteiger partial charge on any atom is -0.497 e. The highest BCUT2D eigenvalue weighted by Gasteiger charge is 2.15. The van der Waals surface area contributed by atoms with Crippen LogP contribution in [-0.2, 0) is 0 Å². The molecule has 1 aromatic rings. The molecule has 1 unspecified atom stereocenters. The Morgan fingerprint density at radius 1 is 1.31 bits per heavy atom. The molecule has 0 fully saturated rings. The number of hydrogen-bond acceptors (Lipinski definition) is 3. The monoisotopic (exact) mass is 287 g/mol. The van der Waals surface area contributed by atoms with Gasteiger partial charge in [-0.3, -0.25) is 0 Å². The average molecular weight is 288 g/mol. The van der Waals surface area contributed by atoms with Crippen molar-refractivity contribution in [2.45, 2.75) is 19.3 Å². The third kappa shape index (κ3) is 2.89. The fourth-order valence-electron chi connectivity index (χ4n) is 1.69. The summed E-state index contributed by atoms with van der Waals surface area (Å²) in [4.78, 5) is 0. The van der Waals surface area contributed by atoms with Crippen LogP contribution >= 0.6 is 15.9 Å². The smallest absolute Gasteiger partial charge is 0.136 e. The Labute approximate surface area is 105 Å². The molecule has 16 heavy (non-hydrogen) atoms. The summed E-state index contributed by atoms with van der Waals surface area (Å²) in [6.45, 7) is 2.80. The van der Waals surface area contributed by atoms with Crippen molar-refractivity contribution in [2.75, 3.05) is 20.8 Å². The van der Waals surface area contributed by atoms with E-state index in [9.17, 15) is 0 Å². The van der Waals surface area contributed by atoms with E-state index < -0.39 is 0 Å². The van der Waals surface area contributed by atoms with Gasteiger partial charge >= 0.3 is 0 Å². The summed E-state index contributed by atoms with van der Waals surface area (Å²) in [6.07, 6.45) is 0.927. The van der Waals surface area contributed by atoms with Crippen LogP contribution in [0.25, 0.3) is 0 Å². The molecular weight excluding hydrogens is 270 g/mol. The van der Waals surface area contributed by atoms with E-state index in [-0.39, 0.29) is 0 Å². The summed E-state index contributed by atoms with van der Waals surface area (Å²) in [5.41, 5.74) is 6.71. The van der Waals surface area contributed by atoms with Gasteiger partial charge in [-0.1, -0.05) is 6.92 Å². The van der Waals surface area contributed by atoms with Crippen LogP contribution in [0.15, 0.2) is 16.6 Å². The molecule has 0 saturated heterocycles. The van der Waals surface area contributed by atoms with Crippen molar-refractivity contribution in [3.8, 4) is 11.5 Å². The van der Waals surface area contributed by atoms with Crippen molar-refractivity contribution < 1.29 is 9.47 Å². The highest BCUT2D eigenvalue weighted by molar-refractivity contribution is 9.10. The number of nitrogens with two attached hydrogens (primary N) is 1. The van der Waals surface area contributed by atoms with Gasteiger partial charge in [0.15, 0.2) is 0 Å². The van der Waals surface area contributed by atoms with Crippen molar-refractivity contribution in [3.63, 3.8) is 0 Å². The molecule has 3 nitrogen and oxygen atoms in total. The maximum absolute atomic E-state index is 5.58. The topological polar surface area (TPSA) is 44.5 Å². The minimum atomic E-state index is 0.353. The number of ether oxygens (including phenoxy) is 2. The summed E-state index contributed by atoms with van der Waals surface area (Å²) in [5, 5.41) is 0. The second-order valence-corrected chi connectivity index (χ2v) is 4.56. The highest BCUT2D eigenvalue weighted by Crippen LogP contribution is 2.38. The van der Waals surface area contributed by atoms with Crippen molar-refractivity contribution in [1.29, 1.82) is 0 Å². The Morgan fingerprint density at radius 2 is 2.00 bits per heavy atom. The predicted molar refractivity (Wildman–Crippen MR) is 69.3 cm³/mol. The zero-order chi connectivity index (χ0) is 12.1. The Hall–Kier alpha value is -0.740. The maximum atomic E-state index is 5.58. The van der Waals surface area contributed by atoms with Gasteiger partial charge in [0.2, 0.25) is 0 Å². The zero-order valence-electron chi connectivity index (χ0n) is 9.92. The molecule has 1 aromatic carbocycles. The summed E-state index contributed by atoms with van der Waals surface area (Å²) in [6, 6.07) is 3.90. The molecule has 0 spiro atoms. The molecule has 1 rings (SSSR count). The molecule has 0 radical (unpaired) electrons. The molecular formula is C12H18BrNO2. The Morgan fingerprint density at radius 3 is 2.50 bits per heavy atom. The van der Waals surface area contributed by atoms with Crippen molar-refractivity contribution in [2.24, 2.45) is 5.73 Å². The van der Waals surface area contributed by atoms with Gasteiger partial charge < -0.3 is 15.2 Å². The van der Waals surface area contributed by atoms with E-state index in [2.05, 4.69) is 22.9 Å². The van der Waals surface area contributed by atoms with Crippen LogP contribution in [0.3, 0.4) is 0 Å². The third-order valence-electron chi connectivity index (χ3n) is 2.62. The first-order chi connectivity index (χ1) is 7.63. The fourth-order valence-corrected chi connectivity index (χ4v) is 2.31. The zero-order valence-corrected chi connectivity index (χ0v) is 11.5. The van der Waals surface area contributed by atoms with Gasteiger partial charge in [0.05, 0.1) is 18.7 Å². The van der Waals surface area contributed by atoms with Crippen molar-refractivity contribution in [1.82, 2.24) is 0 Å². The van der Waals surface area contributed by atoms with Crippen LogP contribution in [-0.4, -0.2) is 20.8 Å². The molecule has 1 atom stereocenters. The van der Waals surface area contributed by atoms with Crippen molar-refractivity contribution >= 4 is 15.9 Å². The maximum Gasteiger partial charge on any atom is 0.136 e. The van der Waals surface area contributed by atoms with Crippen LogP contribution in [0.5, 0.6) is 11.5 Å². The van der Waals surface area contributed by atoms with E-state index in [1.54, 1.807) is 14.2 Å². The van der Waals surface area contributed by atoms with E-state index in [1.165, 1.54) is 0 Å². The van der Waals surface area contributed by atoms with Gasteiger partial charge in [-0.15, -0.1) is 0 Å². The van der Waals surface area contributed by atoms with Crippen LogP contribution < -0.4 is 15.2 Å². The standard InChI is InChI=1S/C12H18BrNO2/c1-8(4-5-14)10-6-9(15-2)7-11(13)12(10)16-3/h6-8H,4-5,14H2,1-3H3. The normalized spacial score (nSPS) is 12.3. The minimum absolute atomic E-state index is 0.353. The Bertz CT molecular complexity index is 355. The first-order valence-corrected chi connectivity index (χ1v) is 6.04. The van der Waals surface area contributed by atoms with Gasteiger partial charge in [0, 0.05) is 5.56 Å². The molecule has 0 heterocycles. The number of rotatable bonds is 5. The molecule has 90 valence electrons. The summed E-state index contributed by atoms with van der Waals surface area (Å²) < 4.78 is 11.6. The molecule has 0 aliphatic carbocycles. The predicted octanol–water partition coefficient (Wildman–Crippen LogP) is 2.92. The molecule has 0 aromatic heterocycles. The second kappa shape index (κ2) is 6.11. The third-order valence-corrected chi connectivity index (χ3v) is 3.21. The molecule has 0 aliphatic heterocycles. The van der Waals surface area contributed by atoms with E-state index in [4.69, 9.17) is 15.2 Å². The van der Waals surface area contributed by atoms with Crippen LogP contribution in [0.4, 0.5) is 0 Å². The van der Waals surface area contributed by atoms with Crippen LogP contribution in [0.1, 0.15) is 24.8 Å². The van der Waals surface area contributed by atoms with E-state index in [0.29, 0.717) is 12.5 Å². The number of halogens is 1. The lowest BCUT2D eigenvalue weighted by molar-refractivity contribution is 0.392. The van der Waals surface area contributed by atoms with Crippen LogP contribution in [0, 0.1) is 0 Å². The summed E-state index contributed by atoms with van der Waals surface area (Å²) >= 11 is 3.48. The SMILES string of the molecule is COc1cc(Br)c(OC)c(C(C)CCN)c1. The van der Waals surface area contributed by atoms with Gasteiger partial charge in [0.25, 0.3) is 0 Å². The molecule has 0 aliphatic rings. The Balaban J connectivity index is 3.16. The molecule has 0 bridgehead atoms. The first-order valence-electron chi connectivity index (χ1n) is 5.25. The lowest BCUT2D eigenvalue weighted by atomic mass is 9.96. The second-order valence-electron chi connectivity index (χ2n) is 3.71. The molecule has 2 N–H and O–H groups in total. The highest BCUT2D eigenvalue weighted by atomic mass is 79.9. The summed E-state index contributed by atoms with van der Waals surface area (Å²) in [7, 11) is 3.33. The largest absolute Gasteiger partial charge is 0.497 e. The molecule has 0 saturated carbocycles. The number of benzene rings is 1. The van der Waals surface area contributed by atoms with E-state index >= 15 is 0 Å². The van der Waals surface area contributed by atoms with Gasteiger partial charge in [-0.2, -0.15) is 0 Å². The van der Waals surface area contributed by atoms with Gasteiger partial charge in [-0.25, -0.2) is 0 Å². The Kier molecular flexibility index (Phi) is 5.09. The average Bonchev–Trinajstić information content (AvgIpc) is 2.28. The summed E-state index contributed by atoms with van der Waals surface area (Å²) in [5.74, 6) is 2.04. The van der Waals surface area contributed by atoms with E-state index in [1.807, 2.05) is 12.1 Å². The first kappa shape index (κ1) is 13.3. The molecule has 0 amide bonds. The lowest BCUT2D eigenvalue weighted by Crippen LogP contribution is -2.06. The van der Waals surface area contributed by atoms with Gasteiger partial charge in [0.1, 0.15) is 11.5 Å².